The van der Waals surface area contributed by atoms with E-state index in [0.717, 1.165) is 5.82 Å². The van der Waals surface area contributed by atoms with Crippen molar-refractivity contribution in [2.75, 3.05) is 6.54 Å². The van der Waals surface area contributed by atoms with Crippen molar-refractivity contribution in [3.63, 3.8) is 0 Å². The molecule has 19 heavy (non-hydrogen) atoms. The Morgan fingerprint density at radius 3 is 3.05 bits per heavy atom. The maximum atomic E-state index is 13.7. The molecule has 0 saturated carbocycles. The maximum absolute atomic E-state index is 13.7. The molecule has 0 aliphatic heterocycles. The average Bonchev–Trinajstić information content (AvgIpc) is 2.91. The molecule has 0 aliphatic rings. The molecule has 1 aromatic carbocycles. The molecule has 1 amide bonds. The Bertz CT molecular complexity index is 559. The highest BCUT2D eigenvalue weighted by Crippen LogP contribution is 2.18. The van der Waals surface area contributed by atoms with Gasteiger partial charge >= 0.3 is 0 Å². The zero-order valence-corrected chi connectivity index (χ0v) is 11.6. The first-order valence-electron chi connectivity index (χ1n) is 5.75. The molecular formula is C12H12BrFN4O. The molecule has 0 radical (unpaired) electrons. The number of nitrogens with zero attached hydrogens (tertiary/aromatic N) is 2. The van der Waals surface area contributed by atoms with Gasteiger partial charge in [-0.25, -0.2) is 9.37 Å². The van der Waals surface area contributed by atoms with E-state index in [0.29, 0.717) is 19.4 Å². The second-order valence-electron chi connectivity index (χ2n) is 3.89. The third-order valence-electron chi connectivity index (χ3n) is 2.54. The SMILES string of the molecule is O=C(NCCCc1ncn[nH]1)c1cccc(Br)c1F. The highest BCUT2D eigenvalue weighted by atomic mass is 79.9. The molecule has 0 saturated heterocycles. The van der Waals surface area contributed by atoms with Gasteiger partial charge in [-0.2, -0.15) is 5.10 Å². The molecule has 0 unspecified atom stereocenters. The fourth-order valence-electron chi connectivity index (χ4n) is 1.58. The van der Waals surface area contributed by atoms with E-state index < -0.39 is 11.7 Å². The number of halogens is 2. The van der Waals surface area contributed by atoms with Crippen LogP contribution in [0.4, 0.5) is 4.39 Å². The quantitative estimate of drug-likeness (QED) is 0.826. The number of benzene rings is 1. The lowest BCUT2D eigenvalue weighted by Gasteiger charge is -2.06. The Morgan fingerprint density at radius 2 is 2.32 bits per heavy atom. The summed E-state index contributed by atoms with van der Waals surface area (Å²) in [6.07, 6.45) is 2.82. The molecule has 5 nitrogen and oxygen atoms in total. The molecule has 1 aromatic heterocycles. The van der Waals surface area contributed by atoms with Crippen LogP contribution < -0.4 is 5.32 Å². The first-order chi connectivity index (χ1) is 9.18. The molecule has 100 valence electrons. The van der Waals surface area contributed by atoms with Gasteiger partial charge in [-0.15, -0.1) is 0 Å². The zero-order valence-electron chi connectivity index (χ0n) is 9.99. The van der Waals surface area contributed by atoms with Gasteiger partial charge in [0.2, 0.25) is 0 Å². The van der Waals surface area contributed by atoms with Crippen LogP contribution in [0, 0.1) is 5.82 Å². The molecule has 1 heterocycles. The fraction of sp³-hybridized carbons (Fsp3) is 0.250. The Labute approximate surface area is 117 Å². The van der Waals surface area contributed by atoms with Gasteiger partial charge in [0.05, 0.1) is 10.0 Å². The van der Waals surface area contributed by atoms with E-state index in [4.69, 9.17) is 0 Å². The van der Waals surface area contributed by atoms with E-state index in [1.807, 2.05) is 0 Å². The van der Waals surface area contributed by atoms with Crippen LogP contribution in [0.15, 0.2) is 29.0 Å². The van der Waals surface area contributed by atoms with Crippen molar-refractivity contribution in [1.82, 2.24) is 20.5 Å². The number of rotatable bonds is 5. The van der Waals surface area contributed by atoms with Crippen LogP contribution in [0.25, 0.3) is 0 Å². The number of hydrogen-bond donors (Lipinski definition) is 2. The molecule has 2 rings (SSSR count). The summed E-state index contributed by atoms with van der Waals surface area (Å²) in [5.41, 5.74) is 0.0361. The maximum Gasteiger partial charge on any atom is 0.254 e. The van der Waals surface area contributed by atoms with Gasteiger partial charge in [-0.1, -0.05) is 6.07 Å². The minimum absolute atomic E-state index is 0.0361. The number of H-pyrrole nitrogens is 1. The molecule has 0 bridgehead atoms. The van der Waals surface area contributed by atoms with Crippen LogP contribution in [0.3, 0.4) is 0 Å². The molecule has 7 heteroatoms. The number of carbonyl (C=O) groups excluding carboxylic acids is 1. The predicted molar refractivity (Wildman–Crippen MR) is 71.1 cm³/mol. The monoisotopic (exact) mass is 326 g/mol. The van der Waals surface area contributed by atoms with Crippen LogP contribution in [-0.4, -0.2) is 27.6 Å². The van der Waals surface area contributed by atoms with Crippen molar-refractivity contribution in [2.24, 2.45) is 0 Å². The molecule has 2 aromatic rings. The molecule has 0 aliphatic carbocycles. The van der Waals surface area contributed by atoms with Gasteiger partial charge in [-0.3, -0.25) is 9.89 Å². The van der Waals surface area contributed by atoms with Gasteiger partial charge in [0.25, 0.3) is 5.91 Å². The number of hydrogen-bond acceptors (Lipinski definition) is 3. The summed E-state index contributed by atoms with van der Waals surface area (Å²) in [6, 6.07) is 4.62. The van der Waals surface area contributed by atoms with Gasteiger partial charge in [0.15, 0.2) is 0 Å². The van der Waals surface area contributed by atoms with Gasteiger partial charge < -0.3 is 5.32 Å². The van der Waals surface area contributed by atoms with Crippen molar-refractivity contribution >= 4 is 21.8 Å². The van der Waals surface area contributed by atoms with Gasteiger partial charge in [-0.05, 0) is 34.5 Å². The molecule has 0 atom stereocenters. The van der Waals surface area contributed by atoms with E-state index >= 15 is 0 Å². The molecule has 0 fully saturated rings. The summed E-state index contributed by atoms with van der Waals surface area (Å²) in [5, 5.41) is 9.13. The summed E-state index contributed by atoms with van der Waals surface area (Å²) < 4.78 is 13.9. The summed E-state index contributed by atoms with van der Waals surface area (Å²) in [6.45, 7) is 0.450. The number of aromatic nitrogens is 3. The number of amides is 1. The Balaban J connectivity index is 1.83. The van der Waals surface area contributed by atoms with Crippen LogP contribution in [0.5, 0.6) is 0 Å². The first kappa shape index (κ1) is 13.7. The smallest absolute Gasteiger partial charge is 0.254 e. The third kappa shape index (κ3) is 3.60. The standard InChI is InChI=1S/C12H12BrFN4O/c13-9-4-1-3-8(11(9)14)12(19)15-6-2-5-10-16-7-17-18-10/h1,3-4,7H,2,5-6H2,(H,15,19)(H,16,17,18). The highest BCUT2D eigenvalue weighted by molar-refractivity contribution is 9.10. The number of aromatic amines is 1. The summed E-state index contributed by atoms with van der Waals surface area (Å²) in [4.78, 5) is 15.7. The minimum Gasteiger partial charge on any atom is -0.352 e. The van der Waals surface area contributed by atoms with Gasteiger partial charge in [0.1, 0.15) is 18.0 Å². The van der Waals surface area contributed by atoms with Crippen molar-refractivity contribution in [1.29, 1.82) is 0 Å². The highest BCUT2D eigenvalue weighted by Gasteiger charge is 2.13. The first-order valence-corrected chi connectivity index (χ1v) is 6.54. The van der Waals surface area contributed by atoms with Crippen LogP contribution in [0.2, 0.25) is 0 Å². The van der Waals surface area contributed by atoms with E-state index in [1.165, 1.54) is 12.4 Å². The Kier molecular flexibility index (Phi) is 4.62. The fourth-order valence-corrected chi connectivity index (χ4v) is 1.95. The second kappa shape index (κ2) is 6.42. The predicted octanol–water partition coefficient (Wildman–Crippen LogP) is 2.07. The number of carbonyl (C=O) groups is 1. The lowest BCUT2D eigenvalue weighted by Crippen LogP contribution is -2.25. The largest absolute Gasteiger partial charge is 0.352 e. The zero-order chi connectivity index (χ0) is 13.7. The topological polar surface area (TPSA) is 70.7 Å². The number of nitrogens with one attached hydrogen (secondary N) is 2. The lowest BCUT2D eigenvalue weighted by atomic mass is 10.2. The van der Waals surface area contributed by atoms with E-state index in [1.54, 1.807) is 12.1 Å². The molecular weight excluding hydrogens is 315 g/mol. The Hall–Kier alpha value is -1.76. The van der Waals surface area contributed by atoms with Crippen LogP contribution >= 0.6 is 15.9 Å². The van der Waals surface area contributed by atoms with Crippen molar-refractivity contribution in [3.05, 3.63) is 46.2 Å². The van der Waals surface area contributed by atoms with Crippen LogP contribution in [-0.2, 0) is 6.42 Å². The normalized spacial score (nSPS) is 10.4. The number of aryl methyl sites for hydroxylation is 1. The van der Waals surface area contributed by atoms with Crippen molar-refractivity contribution in [2.45, 2.75) is 12.8 Å². The second-order valence-corrected chi connectivity index (χ2v) is 4.75. The molecule has 2 N–H and O–H groups in total. The lowest BCUT2D eigenvalue weighted by molar-refractivity contribution is 0.0949. The van der Waals surface area contributed by atoms with Gasteiger partial charge in [0, 0.05) is 13.0 Å². The molecule has 0 spiro atoms. The van der Waals surface area contributed by atoms with E-state index in [2.05, 4.69) is 36.4 Å². The minimum atomic E-state index is -0.546. The Morgan fingerprint density at radius 1 is 1.47 bits per heavy atom. The summed E-state index contributed by atoms with van der Waals surface area (Å²) in [7, 11) is 0. The summed E-state index contributed by atoms with van der Waals surface area (Å²) >= 11 is 3.05. The average molecular weight is 327 g/mol. The third-order valence-corrected chi connectivity index (χ3v) is 3.15. The summed E-state index contributed by atoms with van der Waals surface area (Å²) in [5.74, 6) is -0.200. The van der Waals surface area contributed by atoms with Crippen LogP contribution in [0.1, 0.15) is 22.6 Å². The van der Waals surface area contributed by atoms with E-state index in [-0.39, 0.29) is 10.0 Å². The van der Waals surface area contributed by atoms with Crippen molar-refractivity contribution in [3.8, 4) is 0 Å². The van der Waals surface area contributed by atoms with E-state index in [9.17, 15) is 9.18 Å². The van der Waals surface area contributed by atoms with Crippen molar-refractivity contribution < 1.29 is 9.18 Å².